The largest absolute Gasteiger partial charge is 0.342 e. The van der Waals surface area contributed by atoms with Gasteiger partial charge in [-0.25, -0.2) is 0 Å². The van der Waals surface area contributed by atoms with Crippen LogP contribution in [0.3, 0.4) is 0 Å². The first-order chi connectivity index (χ1) is 9.83. The van der Waals surface area contributed by atoms with Crippen LogP contribution in [-0.2, 0) is 4.79 Å². The Morgan fingerprint density at radius 2 is 1.85 bits per heavy atom. The molecule has 2 unspecified atom stereocenters. The second kappa shape index (κ2) is 6.93. The molecule has 3 rings (SSSR count). The minimum atomic E-state index is 0.444. The Bertz CT molecular complexity index is 319. The van der Waals surface area contributed by atoms with Crippen molar-refractivity contribution >= 4 is 5.91 Å². The normalized spacial score (nSPS) is 32.5. The molecule has 0 spiro atoms. The van der Waals surface area contributed by atoms with Gasteiger partial charge in [-0.15, -0.1) is 0 Å². The lowest BCUT2D eigenvalue weighted by atomic mass is 9.85. The summed E-state index contributed by atoms with van der Waals surface area (Å²) in [5.41, 5.74) is 0. The summed E-state index contributed by atoms with van der Waals surface area (Å²) in [6.45, 7) is 3.20. The first kappa shape index (κ1) is 14.4. The van der Waals surface area contributed by atoms with Gasteiger partial charge >= 0.3 is 0 Å². The molecular formula is C17H30N2O. The molecule has 0 radical (unpaired) electrons. The van der Waals surface area contributed by atoms with Gasteiger partial charge in [-0.1, -0.05) is 19.3 Å². The van der Waals surface area contributed by atoms with E-state index in [2.05, 4.69) is 10.2 Å². The van der Waals surface area contributed by atoms with Crippen LogP contribution >= 0.6 is 0 Å². The summed E-state index contributed by atoms with van der Waals surface area (Å²) in [6.07, 6.45) is 12.6. The van der Waals surface area contributed by atoms with Crippen LogP contribution in [0.4, 0.5) is 0 Å². The molecule has 2 aliphatic heterocycles. The van der Waals surface area contributed by atoms with Crippen LogP contribution in [0.2, 0.25) is 0 Å². The lowest BCUT2D eigenvalue weighted by Gasteiger charge is -2.36. The molecule has 1 N–H and O–H groups in total. The molecule has 0 bridgehead atoms. The Balaban J connectivity index is 1.49. The fourth-order valence-corrected chi connectivity index (χ4v) is 4.45. The fraction of sp³-hybridized carbons (Fsp3) is 0.941. The molecule has 20 heavy (non-hydrogen) atoms. The number of nitrogens with zero attached hydrogens (tertiary/aromatic N) is 1. The van der Waals surface area contributed by atoms with Crippen LogP contribution in [0.5, 0.6) is 0 Å². The number of amides is 1. The molecule has 3 fully saturated rings. The lowest BCUT2D eigenvalue weighted by molar-refractivity contribution is -0.134. The zero-order valence-electron chi connectivity index (χ0n) is 12.8. The highest BCUT2D eigenvalue weighted by atomic mass is 16.2. The fourth-order valence-electron chi connectivity index (χ4n) is 4.45. The van der Waals surface area contributed by atoms with Gasteiger partial charge in [-0.3, -0.25) is 4.79 Å². The van der Waals surface area contributed by atoms with Crippen molar-refractivity contribution in [2.45, 2.75) is 70.3 Å². The highest BCUT2D eigenvalue weighted by molar-refractivity contribution is 5.76. The molecule has 1 amide bonds. The number of piperidine rings is 1. The number of hydrogen-bond acceptors (Lipinski definition) is 2. The Hall–Kier alpha value is -0.570. The number of nitrogens with one attached hydrogen (secondary N) is 1. The second-order valence-electron chi connectivity index (χ2n) is 7.15. The molecule has 2 saturated heterocycles. The van der Waals surface area contributed by atoms with E-state index in [0.717, 1.165) is 19.5 Å². The maximum Gasteiger partial charge on any atom is 0.222 e. The molecule has 0 aromatic heterocycles. The minimum Gasteiger partial charge on any atom is -0.342 e. The van der Waals surface area contributed by atoms with Crippen molar-refractivity contribution in [3.8, 4) is 0 Å². The molecule has 3 aliphatic rings. The van der Waals surface area contributed by atoms with Crippen LogP contribution in [0.1, 0.15) is 64.2 Å². The summed E-state index contributed by atoms with van der Waals surface area (Å²) in [5, 5.41) is 3.63. The summed E-state index contributed by atoms with van der Waals surface area (Å²) >= 11 is 0. The lowest BCUT2D eigenvalue weighted by Crippen LogP contribution is -2.46. The third-order valence-corrected chi connectivity index (χ3v) is 5.67. The zero-order chi connectivity index (χ0) is 13.8. The minimum absolute atomic E-state index is 0.444. The van der Waals surface area contributed by atoms with E-state index in [9.17, 15) is 4.79 Å². The van der Waals surface area contributed by atoms with Gasteiger partial charge in [-0.2, -0.15) is 0 Å². The first-order valence-electron chi connectivity index (χ1n) is 8.84. The molecule has 1 aliphatic carbocycles. The maximum absolute atomic E-state index is 12.5. The van der Waals surface area contributed by atoms with Crippen molar-refractivity contribution in [2.24, 2.45) is 11.8 Å². The van der Waals surface area contributed by atoms with E-state index in [0.29, 0.717) is 23.8 Å². The quantitative estimate of drug-likeness (QED) is 0.861. The van der Waals surface area contributed by atoms with Crippen molar-refractivity contribution in [3.63, 3.8) is 0 Å². The average molecular weight is 278 g/mol. The first-order valence-corrected chi connectivity index (χ1v) is 8.84. The molecule has 3 nitrogen and oxygen atoms in total. The summed E-state index contributed by atoms with van der Waals surface area (Å²) in [4.78, 5) is 14.7. The van der Waals surface area contributed by atoms with Crippen LogP contribution in [0.25, 0.3) is 0 Å². The monoisotopic (exact) mass is 278 g/mol. The van der Waals surface area contributed by atoms with E-state index < -0.39 is 0 Å². The molecule has 114 valence electrons. The Morgan fingerprint density at radius 3 is 2.60 bits per heavy atom. The Kier molecular flexibility index (Phi) is 4.98. The molecule has 2 atom stereocenters. The molecule has 1 saturated carbocycles. The second-order valence-corrected chi connectivity index (χ2v) is 7.15. The number of hydrogen-bond donors (Lipinski definition) is 1. The van der Waals surface area contributed by atoms with Gasteiger partial charge in [0, 0.05) is 25.6 Å². The van der Waals surface area contributed by atoms with Crippen molar-refractivity contribution in [1.82, 2.24) is 10.2 Å². The van der Waals surface area contributed by atoms with E-state index in [-0.39, 0.29) is 0 Å². The average Bonchev–Trinajstić information content (AvgIpc) is 3.03. The Labute approximate surface area is 123 Å². The molecular weight excluding hydrogens is 248 g/mol. The number of likely N-dealkylation sites (tertiary alicyclic amines) is 1. The number of carbonyl (C=O) groups excluding carboxylic acids is 1. The van der Waals surface area contributed by atoms with Gasteiger partial charge < -0.3 is 10.2 Å². The van der Waals surface area contributed by atoms with E-state index in [1.807, 2.05) is 0 Å². The highest BCUT2D eigenvalue weighted by Crippen LogP contribution is 2.29. The third kappa shape index (κ3) is 3.55. The number of carbonyl (C=O) groups is 1. The molecule has 2 heterocycles. The molecule has 3 heteroatoms. The summed E-state index contributed by atoms with van der Waals surface area (Å²) < 4.78 is 0. The van der Waals surface area contributed by atoms with Gasteiger partial charge in [0.25, 0.3) is 0 Å². The van der Waals surface area contributed by atoms with Crippen molar-refractivity contribution in [2.75, 3.05) is 19.6 Å². The topological polar surface area (TPSA) is 32.3 Å². The SMILES string of the molecule is O=C(CC1CCCCC1)N1CCCC(C2CCCN2)C1. The van der Waals surface area contributed by atoms with Crippen molar-refractivity contribution in [1.29, 1.82) is 0 Å². The maximum atomic E-state index is 12.5. The van der Waals surface area contributed by atoms with E-state index in [1.165, 1.54) is 64.3 Å². The van der Waals surface area contributed by atoms with Crippen molar-refractivity contribution in [3.05, 3.63) is 0 Å². The summed E-state index contributed by atoms with van der Waals surface area (Å²) in [6, 6.07) is 0.681. The zero-order valence-corrected chi connectivity index (χ0v) is 12.8. The van der Waals surface area contributed by atoms with E-state index in [1.54, 1.807) is 0 Å². The van der Waals surface area contributed by atoms with Gasteiger partial charge in [-0.05, 0) is 56.9 Å². The highest BCUT2D eigenvalue weighted by Gasteiger charge is 2.31. The Morgan fingerprint density at radius 1 is 1.00 bits per heavy atom. The van der Waals surface area contributed by atoms with Gasteiger partial charge in [0.15, 0.2) is 0 Å². The van der Waals surface area contributed by atoms with Crippen LogP contribution in [0, 0.1) is 11.8 Å². The smallest absolute Gasteiger partial charge is 0.222 e. The van der Waals surface area contributed by atoms with Crippen molar-refractivity contribution < 1.29 is 4.79 Å². The summed E-state index contributed by atoms with van der Waals surface area (Å²) in [7, 11) is 0. The molecule has 0 aromatic rings. The third-order valence-electron chi connectivity index (χ3n) is 5.67. The van der Waals surface area contributed by atoms with Crippen LogP contribution in [-0.4, -0.2) is 36.5 Å². The molecule has 0 aromatic carbocycles. The standard InChI is InChI=1S/C17H30N2O/c20-17(12-14-6-2-1-3-7-14)19-11-5-8-15(13-19)16-9-4-10-18-16/h14-16,18H,1-13H2. The van der Waals surface area contributed by atoms with Gasteiger partial charge in [0.1, 0.15) is 0 Å². The predicted octanol–water partition coefficient (Wildman–Crippen LogP) is 2.95. The van der Waals surface area contributed by atoms with E-state index in [4.69, 9.17) is 0 Å². The number of rotatable bonds is 3. The summed E-state index contributed by atoms with van der Waals surface area (Å²) in [5.74, 6) is 1.84. The van der Waals surface area contributed by atoms with Gasteiger partial charge in [0.05, 0.1) is 0 Å². The van der Waals surface area contributed by atoms with Crippen LogP contribution < -0.4 is 5.32 Å². The van der Waals surface area contributed by atoms with Gasteiger partial charge in [0.2, 0.25) is 5.91 Å². The predicted molar refractivity (Wildman–Crippen MR) is 81.5 cm³/mol. The van der Waals surface area contributed by atoms with E-state index >= 15 is 0 Å². The van der Waals surface area contributed by atoms with Crippen LogP contribution in [0.15, 0.2) is 0 Å².